The summed E-state index contributed by atoms with van der Waals surface area (Å²) in [5, 5.41) is 11.1. The molecule has 1 aromatic rings. The number of aliphatic hydroxyl groups is 1. The van der Waals surface area contributed by atoms with Gasteiger partial charge in [0.05, 0.1) is 19.3 Å². The average molecular weight is 278 g/mol. The van der Waals surface area contributed by atoms with Crippen LogP contribution in [0.2, 0.25) is 0 Å². The standard InChI is InChI=1S/C16H22O4/c1-18-15-5-2-3-8-16(15,17)12-6-7-13-14(11-12)20-10-4-9-19-13/h6-7,11,15,17H,2-5,8-10H2,1H3. The van der Waals surface area contributed by atoms with Gasteiger partial charge in [0, 0.05) is 13.5 Å². The van der Waals surface area contributed by atoms with Crippen molar-refractivity contribution in [1.29, 1.82) is 0 Å². The van der Waals surface area contributed by atoms with E-state index in [1.807, 2.05) is 18.2 Å². The van der Waals surface area contributed by atoms with Crippen LogP contribution in [-0.4, -0.2) is 31.5 Å². The Morgan fingerprint density at radius 3 is 2.75 bits per heavy atom. The first-order chi connectivity index (χ1) is 9.74. The zero-order valence-electron chi connectivity index (χ0n) is 11.9. The highest BCUT2D eigenvalue weighted by molar-refractivity contribution is 5.45. The van der Waals surface area contributed by atoms with Crippen LogP contribution in [0.1, 0.15) is 37.7 Å². The van der Waals surface area contributed by atoms with E-state index >= 15 is 0 Å². The zero-order chi connectivity index (χ0) is 14.0. The van der Waals surface area contributed by atoms with Gasteiger partial charge in [-0.15, -0.1) is 0 Å². The molecule has 0 spiro atoms. The summed E-state index contributed by atoms with van der Waals surface area (Å²) < 4.78 is 16.9. The fourth-order valence-corrected chi connectivity index (χ4v) is 3.20. The summed E-state index contributed by atoms with van der Waals surface area (Å²) in [6, 6.07) is 5.75. The molecular formula is C16H22O4. The average Bonchev–Trinajstić information content (AvgIpc) is 2.72. The van der Waals surface area contributed by atoms with Crippen LogP contribution in [0.3, 0.4) is 0 Å². The molecule has 0 saturated heterocycles. The summed E-state index contributed by atoms with van der Waals surface area (Å²) in [4.78, 5) is 0. The van der Waals surface area contributed by atoms with E-state index < -0.39 is 5.60 Å². The maximum Gasteiger partial charge on any atom is 0.161 e. The molecule has 1 aromatic carbocycles. The molecule has 2 aliphatic rings. The third-order valence-corrected chi connectivity index (χ3v) is 4.34. The number of hydrogen-bond acceptors (Lipinski definition) is 4. The Kier molecular flexibility index (Phi) is 3.85. The second-order valence-corrected chi connectivity index (χ2v) is 5.61. The lowest BCUT2D eigenvalue weighted by Gasteiger charge is -2.39. The van der Waals surface area contributed by atoms with Crippen molar-refractivity contribution in [2.75, 3.05) is 20.3 Å². The summed E-state index contributed by atoms with van der Waals surface area (Å²) >= 11 is 0. The highest BCUT2D eigenvalue weighted by Crippen LogP contribution is 2.42. The highest BCUT2D eigenvalue weighted by Gasteiger charge is 2.41. The Morgan fingerprint density at radius 1 is 1.15 bits per heavy atom. The highest BCUT2D eigenvalue weighted by atomic mass is 16.5. The molecule has 0 radical (unpaired) electrons. The van der Waals surface area contributed by atoms with Gasteiger partial charge in [-0.05, 0) is 30.5 Å². The molecule has 3 rings (SSSR count). The number of benzene rings is 1. The van der Waals surface area contributed by atoms with Crippen molar-refractivity contribution in [3.8, 4) is 11.5 Å². The first-order valence-corrected chi connectivity index (χ1v) is 7.39. The second-order valence-electron chi connectivity index (χ2n) is 5.61. The molecule has 20 heavy (non-hydrogen) atoms. The molecule has 1 aliphatic heterocycles. The van der Waals surface area contributed by atoms with E-state index in [-0.39, 0.29) is 6.10 Å². The molecule has 1 fully saturated rings. The number of hydrogen-bond donors (Lipinski definition) is 1. The first kappa shape index (κ1) is 13.7. The molecule has 110 valence electrons. The fourth-order valence-electron chi connectivity index (χ4n) is 3.20. The van der Waals surface area contributed by atoms with Crippen molar-refractivity contribution >= 4 is 0 Å². The quantitative estimate of drug-likeness (QED) is 0.903. The van der Waals surface area contributed by atoms with Crippen molar-refractivity contribution in [3.05, 3.63) is 23.8 Å². The van der Waals surface area contributed by atoms with E-state index in [1.54, 1.807) is 7.11 Å². The lowest BCUT2D eigenvalue weighted by atomic mass is 9.77. The summed E-state index contributed by atoms with van der Waals surface area (Å²) in [5.74, 6) is 1.49. The molecule has 1 saturated carbocycles. The van der Waals surface area contributed by atoms with Crippen molar-refractivity contribution < 1.29 is 19.3 Å². The van der Waals surface area contributed by atoms with E-state index in [1.165, 1.54) is 0 Å². The van der Waals surface area contributed by atoms with Crippen molar-refractivity contribution in [2.24, 2.45) is 0 Å². The normalized spacial score (nSPS) is 29.8. The molecule has 1 heterocycles. The Bertz CT molecular complexity index is 474. The Labute approximate surface area is 119 Å². The lowest BCUT2D eigenvalue weighted by Crippen LogP contribution is -2.43. The summed E-state index contributed by atoms with van der Waals surface area (Å²) in [6.45, 7) is 1.33. The third-order valence-electron chi connectivity index (χ3n) is 4.34. The number of rotatable bonds is 2. The fraction of sp³-hybridized carbons (Fsp3) is 0.625. The minimum Gasteiger partial charge on any atom is -0.490 e. The van der Waals surface area contributed by atoms with Crippen LogP contribution in [-0.2, 0) is 10.3 Å². The third kappa shape index (κ3) is 2.38. The van der Waals surface area contributed by atoms with E-state index in [2.05, 4.69) is 0 Å². The summed E-state index contributed by atoms with van der Waals surface area (Å²) in [7, 11) is 1.67. The monoisotopic (exact) mass is 278 g/mol. The number of fused-ring (bicyclic) bond motifs is 1. The number of methoxy groups -OCH3 is 1. The molecule has 0 aromatic heterocycles. The van der Waals surface area contributed by atoms with Gasteiger partial charge < -0.3 is 19.3 Å². The van der Waals surface area contributed by atoms with E-state index in [9.17, 15) is 5.11 Å². The van der Waals surface area contributed by atoms with Gasteiger partial charge in [-0.2, -0.15) is 0 Å². The minimum absolute atomic E-state index is 0.152. The molecule has 4 heteroatoms. The van der Waals surface area contributed by atoms with Gasteiger partial charge in [0.15, 0.2) is 11.5 Å². The van der Waals surface area contributed by atoms with Gasteiger partial charge >= 0.3 is 0 Å². The van der Waals surface area contributed by atoms with Crippen LogP contribution in [0, 0.1) is 0 Å². The van der Waals surface area contributed by atoms with Gasteiger partial charge in [0.2, 0.25) is 0 Å². The number of ether oxygens (including phenoxy) is 3. The van der Waals surface area contributed by atoms with Gasteiger partial charge in [-0.3, -0.25) is 0 Å². The second kappa shape index (κ2) is 5.62. The SMILES string of the molecule is COC1CCCCC1(O)c1ccc2c(c1)OCCCO2. The van der Waals surface area contributed by atoms with Gasteiger partial charge in [-0.25, -0.2) is 0 Å². The predicted octanol–water partition coefficient (Wildman–Crippen LogP) is 2.62. The first-order valence-electron chi connectivity index (χ1n) is 7.39. The van der Waals surface area contributed by atoms with Crippen LogP contribution in [0.5, 0.6) is 11.5 Å². The summed E-state index contributed by atoms with van der Waals surface area (Å²) in [6.07, 6.45) is 4.47. The lowest BCUT2D eigenvalue weighted by molar-refractivity contribution is -0.122. The van der Waals surface area contributed by atoms with Crippen LogP contribution >= 0.6 is 0 Å². The van der Waals surface area contributed by atoms with Gasteiger partial charge in [0.25, 0.3) is 0 Å². The molecule has 1 aliphatic carbocycles. The smallest absolute Gasteiger partial charge is 0.161 e. The Hall–Kier alpha value is -1.26. The van der Waals surface area contributed by atoms with Crippen molar-refractivity contribution in [1.82, 2.24) is 0 Å². The molecule has 2 unspecified atom stereocenters. The molecule has 2 atom stereocenters. The molecular weight excluding hydrogens is 256 g/mol. The minimum atomic E-state index is -0.919. The van der Waals surface area contributed by atoms with Crippen LogP contribution in [0.25, 0.3) is 0 Å². The largest absolute Gasteiger partial charge is 0.490 e. The maximum atomic E-state index is 11.1. The molecule has 4 nitrogen and oxygen atoms in total. The summed E-state index contributed by atoms with van der Waals surface area (Å²) in [5.41, 5.74) is -0.0502. The van der Waals surface area contributed by atoms with Crippen LogP contribution in [0.4, 0.5) is 0 Å². The molecule has 0 amide bonds. The van der Waals surface area contributed by atoms with Crippen LogP contribution < -0.4 is 9.47 Å². The van der Waals surface area contributed by atoms with E-state index in [0.717, 1.165) is 49.2 Å². The van der Waals surface area contributed by atoms with E-state index in [4.69, 9.17) is 14.2 Å². The topological polar surface area (TPSA) is 47.9 Å². The Balaban J connectivity index is 1.94. The molecule has 0 bridgehead atoms. The van der Waals surface area contributed by atoms with Crippen molar-refractivity contribution in [3.63, 3.8) is 0 Å². The van der Waals surface area contributed by atoms with Crippen molar-refractivity contribution in [2.45, 2.75) is 43.8 Å². The van der Waals surface area contributed by atoms with Gasteiger partial charge in [0.1, 0.15) is 5.60 Å². The molecule has 1 N–H and O–H groups in total. The Morgan fingerprint density at radius 2 is 1.95 bits per heavy atom. The van der Waals surface area contributed by atoms with Crippen LogP contribution in [0.15, 0.2) is 18.2 Å². The maximum absolute atomic E-state index is 11.1. The van der Waals surface area contributed by atoms with Gasteiger partial charge in [-0.1, -0.05) is 18.9 Å². The van der Waals surface area contributed by atoms with E-state index in [0.29, 0.717) is 13.2 Å². The predicted molar refractivity (Wildman–Crippen MR) is 75.2 cm³/mol. The zero-order valence-corrected chi connectivity index (χ0v) is 11.9.